The van der Waals surface area contributed by atoms with Gasteiger partial charge in [-0.25, -0.2) is 5.43 Å². The van der Waals surface area contributed by atoms with Crippen molar-refractivity contribution >= 4 is 51.2 Å². The van der Waals surface area contributed by atoms with Crippen molar-refractivity contribution < 1.29 is 28.6 Å². The molecule has 0 saturated heterocycles. The summed E-state index contributed by atoms with van der Waals surface area (Å²) in [4.78, 5) is 36.7. The summed E-state index contributed by atoms with van der Waals surface area (Å²) >= 11 is 3.40. The summed E-state index contributed by atoms with van der Waals surface area (Å²) in [6.45, 7) is 3.92. The SMILES string of the molecule is CCOc1ccccc1NC(=O)C(=O)N/N=C\c1cc(Br)c(OCC(=O)Nc2cccc(C)c2)c(OC)c1. The van der Waals surface area contributed by atoms with Crippen molar-refractivity contribution in [3.63, 3.8) is 0 Å². The second kappa shape index (κ2) is 13.8. The molecule has 3 N–H and O–H groups in total. The Bertz CT molecular complexity index is 1340. The van der Waals surface area contributed by atoms with Crippen molar-refractivity contribution in [1.29, 1.82) is 0 Å². The number of carbonyl (C=O) groups is 3. The summed E-state index contributed by atoms with van der Waals surface area (Å²) in [5, 5.41) is 9.10. The average molecular weight is 583 g/mol. The number of hydrogen-bond donors (Lipinski definition) is 3. The minimum absolute atomic E-state index is 0.242. The average Bonchev–Trinajstić information content (AvgIpc) is 2.89. The Morgan fingerprint density at radius 3 is 2.47 bits per heavy atom. The first-order valence-electron chi connectivity index (χ1n) is 11.5. The summed E-state index contributed by atoms with van der Waals surface area (Å²) in [5.74, 6) is -1.09. The molecule has 0 radical (unpaired) electrons. The molecule has 11 heteroatoms. The van der Waals surface area contributed by atoms with Gasteiger partial charge in [-0.15, -0.1) is 0 Å². The van der Waals surface area contributed by atoms with Crippen molar-refractivity contribution in [2.45, 2.75) is 13.8 Å². The molecule has 0 atom stereocenters. The lowest BCUT2D eigenvalue weighted by Crippen LogP contribution is -2.32. The lowest BCUT2D eigenvalue weighted by molar-refractivity contribution is -0.136. The first-order valence-corrected chi connectivity index (χ1v) is 12.3. The van der Waals surface area contributed by atoms with Gasteiger partial charge in [-0.2, -0.15) is 5.10 Å². The van der Waals surface area contributed by atoms with Crippen LogP contribution in [-0.4, -0.2) is 44.3 Å². The third-order valence-electron chi connectivity index (χ3n) is 4.92. The van der Waals surface area contributed by atoms with Gasteiger partial charge in [0.15, 0.2) is 18.1 Å². The van der Waals surface area contributed by atoms with E-state index in [0.29, 0.717) is 45.3 Å². The zero-order valence-electron chi connectivity index (χ0n) is 21.0. The molecule has 0 aliphatic carbocycles. The highest BCUT2D eigenvalue weighted by atomic mass is 79.9. The fourth-order valence-corrected chi connectivity index (χ4v) is 3.83. The predicted octanol–water partition coefficient (Wildman–Crippen LogP) is 4.27. The van der Waals surface area contributed by atoms with Crippen LogP contribution >= 0.6 is 15.9 Å². The quantitative estimate of drug-likeness (QED) is 0.186. The Morgan fingerprint density at radius 1 is 0.947 bits per heavy atom. The number of para-hydroxylation sites is 2. The highest BCUT2D eigenvalue weighted by molar-refractivity contribution is 9.10. The number of nitrogens with one attached hydrogen (secondary N) is 3. The van der Waals surface area contributed by atoms with Crippen LogP contribution in [0.4, 0.5) is 11.4 Å². The number of nitrogens with zero attached hydrogens (tertiary/aromatic N) is 1. The summed E-state index contributed by atoms with van der Waals surface area (Å²) < 4.78 is 17.0. The minimum atomic E-state index is -0.960. The number of hydrazone groups is 1. The first kappa shape index (κ1) is 28.2. The number of anilines is 2. The molecular weight excluding hydrogens is 556 g/mol. The standard InChI is InChI=1S/C27H27BrN4O6/c1-4-37-22-11-6-5-10-21(22)31-26(34)27(35)32-29-15-18-13-20(28)25(23(14-18)36-3)38-16-24(33)30-19-9-7-8-17(2)12-19/h5-15H,4,16H2,1-3H3,(H,30,33)(H,31,34)(H,32,35)/b29-15-. The molecule has 0 unspecified atom stereocenters. The monoisotopic (exact) mass is 582 g/mol. The van der Waals surface area contributed by atoms with E-state index in [1.807, 2.05) is 32.0 Å². The fraction of sp³-hybridized carbons (Fsp3) is 0.185. The Balaban J connectivity index is 1.58. The van der Waals surface area contributed by atoms with E-state index in [2.05, 4.69) is 37.1 Å². The van der Waals surface area contributed by atoms with Gasteiger partial charge in [0.25, 0.3) is 5.91 Å². The van der Waals surface area contributed by atoms with Crippen LogP contribution in [-0.2, 0) is 14.4 Å². The zero-order chi connectivity index (χ0) is 27.5. The van der Waals surface area contributed by atoms with Gasteiger partial charge in [-0.1, -0.05) is 24.3 Å². The zero-order valence-corrected chi connectivity index (χ0v) is 22.6. The molecular formula is C27H27BrN4O6. The number of hydrogen-bond acceptors (Lipinski definition) is 7. The minimum Gasteiger partial charge on any atom is -0.493 e. The van der Waals surface area contributed by atoms with Crippen LogP contribution in [0.15, 0.2) is 70.2 Å². The van der Waals surface area contributed by atoms with E-state index in [4.69, 9.17) is 14.2 Å². The second-order valence-electron chi connectivity index (χ2n) is 7.82. The number of rotatable bonds is 10. The number of methoxy groups -OCH3 is 1. The van der Waals surface area contributed by atoms with Crippen LogP contribution in [0.25, 0.3) is 0 Å². The maximum atomic E-state index is 12.3. The van der Waals surface area contributed by atoms with Gasteiger partial charge in [0.1, 0.15) is 5.75 Å². The van der Waals surface area contributed by atoms with Gasteiger partial charge < -0.3 is 24.8 Å². The Labute approximate surface area is 228 Å². The van der Waals surface area contributed by atoms with Gasteiger partial charge in [0.05, 0.1) is 30.1 Å². The molecule has 0 saturated carbocycles. The lowest BCUT2D eigenvalue weighted by atomic mass is 10.2. The summed E-state index contributed by atoms with van der Waals surface area (Å²) in [5.41, 5.74) is 4.78. The van der Waals surface area contributed by atoms with Crippen LogP contribution < -0.4 is 30.3 Å². The predicted molar refractivity (Wildman–Crippen MR) is 148 cm³/mol. The Hall–Kier alpha value is -4.38. The maximum Gasteiger partial charge on any atom is 0.329 e. The molecule has 0 aliphatic heterocycles. The van der Waals surface area contributed by atoms with Crippen molar-refractivity contribution in [1.82, 2.24) is 5.43 Å². The van der Waals surface area contributed by atoms with E-state index < -0.39 is 11.8 Å². The molecule has 0 spiro atoms. The molecule has 10 nitrogen and oxygen atoms in total. The maximum absolute atomic E-state index is 12.3. The number of carbonyl (C=O) groups excluding carboxylic acids is 3. The van der Waals surface area contributed by atoms with Crippen molar-refractivity contribution in [2.75, 3.05) is 31.0 Å². The first-order chi connectivity index (χ1) is 18.3. The van der Waals surface area contributed by atoms with Gasteiger partial charge in [-0.3, -0.25) is 14.4 Å². The van der Waals surface area contributed by atoms with Crippen molar-refractivity contribution in [3.05, 3.63) is 76.3 Å². The number of ether oxygens (including phenoxy) is 3. The van der Waals surface area contributed by atoms with E-state index >= 15 is 0 Å². The van der Waals surface area contributed by atoms with Crippen LogP contribution in [0.2, 0.25) is 0 Å². The van der Waals surface area contributed by atoms with Gasteiger partial charge >= 0.3 is 11.8 Å². The highest BCUT2D eigenvalue weighted by Crippen LogP contribution is 2.36. The molecule has 3 aromatic rings. The molecule has 0 heterocycles. The topological polar surface area (TPSA) is 127 Å². The third kappa shape index (κ3) is 8.07. The molecule has 3 rings (SSSR count). The molecule has 198 valence electrons. The largest absolute Gasteiger partial charge is 0.493 e. The fourth-order valence-electron chi connectivity index (χ4n) is 3.26. The Kier molecular flexibility index (Phi) is 10.2. The second-order valence-corrected chi connectivity index (χ2v) is 8.68. The van der Waals surface area contributed by atoms with E-state index in [-0.39, 0.29) is 12.5 Å². The van der Waals surface area contributed by atoms with Crippen molar-refractivity contribution in [3.8, 4) is 17.2 Å². The molecule has 3 amide bonds. The highest BCUT2D eigenvalue weighted by Gasteiger charge is 2.16. The smallest absolute Gasteiger partial charge is 0.329 e. The molecule has 3 aromatic carbocycles. The Morgan fingerprint density at radius 2 is 1.74 bits per heavy atom. The summed E-state index contributed by atoms with van der Waals surface area (Å²) in [6, 6.07) is 17.5. The van der Waals surface area contributed by atoms with E-state index in [1.54, 1.807) is 42.5 Å². The van der Waals surface area contributed by atoms with Crippen LogP contribution in [0.3, 0.4) is 0 Å². The molecule has 0 aliphatic rings. The molecule has 0 fully saturated rings. The van der Waals surface area contributed by atoms with Crippen LogP contribution in [0, 0.1) is 6.92 Å². The molecule has 38 heavy (non-hydrogen) atoms. The number of halogens is 1. The van der Waals surface area contributed by atoms with Gasteiger partial charge in [0.2, 0.25) is 0 Å². The number of amides is 3. The molecule has 0 bridgehead atoms. The van der Waals surface area contributed by atoms with Crippen LogP contribution in [0.5, 0.6) is 17.2 Å². The third-order valence-corrected chi connectivity index (χ3v) is 5.51. The van der Waals surface area contributed by atoms with E-state index in [0.717, 1.165) is 5.56 Å². The number of aryl methyl sites for hydroxylation is 1. The van der Waals surface area contributed by atoms with Gasteiger partial charge in [-0.05, 0) is 77.3 Å². The lowest BCUT2D eigenvalue weighted by Gasteiger charge is -2.13. The molecule has 0 aromatic heterocycles. The van der Waals surface area contributed by atoms with E-state index in [1.165, 1.54) is 13.3 Å². The summed E-state index contributed by atoms with van der Waals surface area (Å²) in [7, 11) is 1.45. The van der Waals surface area contributed by atoms with Gasteiger partial charge in [0, 0.05) is 5.69 Å². The van der Waals surface area contributed by atoms with Crippen molar-refractivity contribution in [2.24, 2.45) is 5.10 Å². The van der Waals surface area contributed by atoms with E-state index in [9.17, 15) is 14.4 Å². The number of benzene rings is 3. The normalized spacial score (nSPS) is 10.5. The van der Waals surface area contributed by atoms with Crippen LogP contribution in [0.1, 0.15) is 18.1 Å². The summed E-state index contributed by atoms with van der Waals surface area (Å²) in [6.07, 6.45) is 1.33.